The van der Waals surface area contributed by atoms with Crippen molar-refractivity contribution in [2.24, 2.45) is 0 Å². The molecular weight excluding hydrogens is 426 g/mol. The smallest absolute Gasteiger partial charge is 0.243 e. The third kappa shape index (κ3) is 6.75. The number of benzene rings is 1. The summed E-state index contributed by atoms with van der Waals surface area (Å²) in [5, 5.41) is 5.61. The molecule has 0 aliphatic rings. The number of nitrogens with zero attached hydrogens (tertiary/aromatic N) is 1. The molecule has 0 spiro atoms. The molecule has 2 N–H and O–H groups in total. The van der Waals surface area contributed by atoms with Crippen LogP contribution in [-0.2, 0) is 16.1 Å². The highest BCUT2D eigenvalue weighted by atomic mass is 79.9. The summed E-state index contributed by atoms with van der Waals surface area (Å²) in [5.74, 6) is -0.372. The van der Waals surface area contributed by atoms with Gasteiger partial charge in [0.05, 0.1) is 16.9 Å². The summed E-state index contributed by atoms with van der Waals surface area (Å²) in [6.07, 6.45) is 0. The Labute approximate surface area is 173 Å². The largest absolute Gasteiger partial charge is 0.346 e. The van der Waals surface area contributed by atoms with E-state index in [1.165, 1.54) is 4.88 Å². The summed E-state index contributed by atoms with van der Waals surface area (Å²) >= 11 is 5.11. The van der Waals surface area contributed by atoms with Gasteiger partial charge in [-0.1, -0.05) is 24.6 Å². The minimum absolute atomic E-state index is 0.0340. The second kappa shape index (κ2) is 10.0. The SMILES string of the molecule is CCN(CC(=O)NCC(=O)Nc1c(C)cc(C)cc1C)Cc1ccc(Br)s1. The van der Waals surface area contributed by atoms with Gasteiger partial charge in [-0.3, -0.25) is 14.5 Å². The van der Waals surface area contributed by atoms with E-state index in [-0.39, 0.29) is 24.9 Å². The lowest BCUT2D eigenvalue weighted by molar-refractivity contribution is -0.125. The van der Waals surface area contributed by atoms with Crippen molar-refractivity contribution in [3.05, 3.63) is 49.6 Å². The third-order valence-corrected chi connectivity index (χ3v) is 5.82. The number of likely N-dealkylation sites (N-methyl/N-ethyl adjacent to an activating group) is 1. The zero-order chi connectivity index (χ0) is 20.0. The van der Waals surface area contributed by atoms with E-state index in [4.69, 9.17) is 0 Å². The Hall–Kier alpha value is -1.70. The van der Waals surface area contributed by atoms with E-state index in [2.05, 4.69) is 32.6 Å². The van der Waals surface area contributed by atoms with Gasteiger partial charge >= 0.3 is 0 Å². The minimum atomic E-state index is -0.219. The van der Waals surface area contributed by atoms with Crippen LogP contribution in [0, 0.1) is 20.8 Å². The van der Waals surface area contributed by atoms with Gasteiger partial charge in [0.15, 0.2) is 0 Å². The highest BCUT2D eigenvalue weighted by molar-refractivity contribution is 9.11. The first-order valence-corrected chi connectivity index (χ1v) is 10.5. The standard InChI is InChI=1S/C20H26BrN3O2S/c1-5-24(11-16-6-7-17(21)27-16)12-19(26)22-10-18(25)23-20-14(3)8-13(2)9-15(20)4/h6-9H,5,10-12H2,1-4H3,(H,22,26)(H,23,25). The molecule has 0 fully saturated rings. The number of carbonyl (C=O) groups excluding carboxylic acids is 2. The van der Waals surface area contributed by atoms with Crippen LogP contribution in [0.4, 0.5) is 5.69 Å². The number of nitrogens with one attached hydrogen (secondary N) is 2. The van der Waals surface area contributed by atoms with Gasteiger partial charge in [-0.2, -0.15) is 0 Å². The van der Waals surface area contributed by atoms with Gasteiger partial charge in [0.1, 0.15) is 0 Å². The van der Waals surface area contributed by atoms with Crippen LogP contribution in [0.2, 0.25) is 0 Å². The summed E-state index contributed by atoms with van der Waals surface area (Å²) < 4.78 is 1.08. The fourth-order valence-electron chi connectivity index (χ4n) is 2.94. The molecule has 1 heterocycles. The second-order valence-electron chi connectivity index (χ2n) is 6.61. The number of halogens is 1. The van der Waals surface area contributed by atoms with Crippen molar-refractivity contribution in [2.75, 3.05) is 25.0 Å². The van der Waals surface area contributed by atoms with Crippen molar-refractivity contribution in [1.82, 2.24) is 10.2 Å². The summed E-state index contributed by atoms with van der Waals surface area (Å²) in [6, 6.07) is 8.12. The Morgan fingerprint density at radius 3 is 2.33 bits per heavy atom. The predicted molar refractivity (Wildman–Crippen MR) is 115 cm³/mol. The van der Waals surface area contributed by atoms with Gasteiger partial charge in [0.2, 0.25) is 11.8 Å². The van der Waals surface area contributed by atoms with E-state index in [0.717, 1.165) is 32.7 Å². The lowest BCUT2D eigenvalue weighted by atomic mass is 10.1. The van der Waals surface area contributed by atoms with E-state index >= 15 is 0 Å². The molecule has 0 unspecified atom stereocenters. The first-order chi connectivity index (χ1) is 12.8. The number of hydrogen-bond donors (Lipinski definition) is 2. The first-order valence-electron chi connectivity index (χ1n) is 8.89. The Morgan fingerprint density at radius 1 is 1.11 bits per heavy atom. The van der Waals surface area contributed by atoms with E-state index in [1.54, 1.807) is 11.3 Å². The van der Waals surface area contributed by atoms with Crippen molar-refractivity contribution in [1.29, 1.82) is 0 Å². The highest BCUT2D eigenvalue weighted by Crippen LogP contribution is 2.23. The molecule has 2 amide bonds. The van der Waals surface area contributed by atoms with Crippen LogP contribution in [0.1, 0.15) is 28.5 Å². The van der Waals surface area contributed by atoms with Crippen LogP contribution < -0.4 is 10.6 Å². The maximum absolute atomic E-state index is 12.2. The zero-order valence-electron chi connectivity index (χ0n) is 16.2. The number of carbonyl (C=O) groups is 2. The van der Waals surface area contributed by atoms with Gasteiger partial charge < -0.3 is 10.6 Å². The predicted octanol–water partition coefficient (Wildman–Crippen LogP) is 4.01. The van der Waals surface area contributed by atoms with E-state index in [0.29, 0.717) is 6.54 Å². The Balaban J connectivity index is 1.82. The Kier molecular flexibility index (Phi) is 8.01. The van der Waals surface area contributed by atoms with E-state index < -0.39 is 0 Å². The van der Waals surface area contributed by atoms with Crippen LogP contribution >= 0.6 is 27.3 Å². The molecule has 0 radical (unpaired) electrons. The minimum Gasteiger partial charge on any atom is -0.346 e. The molecular formula is C20H26BrN3O2S. The summed E-state index contributed by atoms with van der Waals surface area (Å²) in [5.41, 5.74) is 4.02. The first kappa shape index (κ1) is 21.6. The molecule has 0 bridgehead atoms. The molecule has 0 saturated carbocycles. The van der Waals surface area contributed by atoms with Gasteiger partial charge in [-0.05, 0) is 66.5 Å². The monoisotopic (exact) mass is 451 g/mol. The molecule has 7 heteroatoms. The van der Waals surface area contributed by atoms with Crippen LogP contribution in [0.25, 0.3) is 0 Å². The zero-order valence-corrected chi connectivity index (χ0v) is 18.6. The highest BCUT2D eigenvalue weighted by Gasteiger charge is 2.13. The van der Waals surface area contributed by atoms with Gasteiger partial charge in [0.25, 0.3) is 0 Å². The van der Waals surface area contributed by atoms with Crippen molar-refractivity contribution in [2.45, 2.75) is 34.2 Å². The number of aryl methyl sites for hydroxylation is 3. The lowest BCUT2D eigenvalue weighted by Gasteiger charge is -2.19. The van der Waals surface area contributed by atoms with Gasteiger partial charge in [-0.15, -0.1) is 11.3 Å². The average Bonchev–Trinajstić information content (AvgIpc) is 3.00. The molecule has 0 aliphatic carbocycles. The molecule has 2 aromatic rings. The second-order valence-corrected chi connectivity index (χ2v) is 9.16. The molecule has 1 aromatic carbocycles. The van der Waals surface area contributed by atoms with Crippen LogP contribution in [0.3, 0.4) is 0 Å². The molecule has 0 saturated heterocycles. The topological polar surface area (TPSA) is 61.4 Å². The number of hydrogen-bond acceptors (Lipinski definition) is 4. The van der Waals surface area contributed by atoms with Crippen LogP contribution in [0.5, 0.6) is 0 Å². The fourth-order valence-corrected chi connectivity index (χ4v) is 4.46. The van der Waals surface area contributed by atoms with E-state index in [1.807, 2.05) is 50.8 Å². The van der Waals surface area contributed by atoms with Gasteiger partial charge in [0, 0.05) is 17.1 Å². The number of amides is 2. The van der Waals surface area contributed by atoms with Crippen molar-refractivity contribution < 1.29 is 9.59 Å². The summed E-state index contributed by atoms with van der Waals surface area (Å²) in [6.45, 7) is 9.69. The molecule has 0 atom stereocenters. The van der Waals surface area contributed by atoms with Crippen molar-refractivity contribution in [3.63, 3.8) is 0 Å². The van der Waals surface area contributed by atoms with Crippen LogP contribution in [0.15, 0.2) is 28.1 Å². The van der Waals surface area contributed by atoms with Crippen LogP contribution in [-0.4, -0.2) is 36.3 Å². The summed E-state index contributed by atoms with van der Waals surface area (Å²) in [7, 11) is 0. The quantitative estimate of drug-likeness (QED) is 0.636. The maximum atomic E-state index is 12.2. The lowest BCUT2D eigenvalue weighted by Crippen LogP contribution is -2.40. The molecule has 5 nitrogen and oxygen atoms in total. The molecule has 27 heavy (non-hydrogen) atoms. The average molecular weight is 452 g/mol. The fraction of sp³-hybridized carbons (Fsp3) is 0.400. The molecule has 1 aromatic heterocycles. The van der Waals surface area contributed by atoms with E-state index in [9.17, 15) is 9.59 Å². The maximum Gasteiger partial charge on any atom is 0.243 e. The molecule has 0 aliphatic heterocycles. The number of rotatable bonds is 8. The molecule has 146 valence electrons. The van der Waals surface area contributed by atoms with Crippen molar-refractivity contribution in [3.8, 4) is 0 Å². The normalized spacial score (nSPS) is 10.9. The number of thiophene rings is 1. The third-order valence-electron chi connectivity index (χ3n) is 4.21. The molecule has 2 rings (SSSR count). The number of anilines is 1. The Morgan fingerprint density at radius 2 is 1.78 bits per heavy atom. The Bertz CT molecular complexity index is 796. The van der Waals surface area contributed by atoms with Crippen molar-refractivity contribution >= 4 is 44.8 Å². The van der Waals surface area contributed by atoms with Gasteiger partial charge in [-0.25, -0.2) is 0 Å². The summed E-state index contributed by atoms with van der Waals surface area (Å²) in [4.78, 5) is 27.7.